The second-order valence-corrected chi connectivity index (χ2v) is 53.2. The number of hydrogen-bond acceptors (Lipinski definition) is 10. The van der Waals surface area contributed by atoms with E-state index in [0.717, 1.165) is 206 Å². The monoisotopic (exact) mass is 2010 g/mol. The Labute approximate surface area is 859 Å². The van der Waals surface area contributed by atoms with Gasteiger partial charge in [-0.3, -0.25) is 0 Å². The summed E-state index contributed by atoms with van der Waals surface area (Å²) >= 11 is 44.4. The van der Waals surface area contributed by atoms with Crippen molar-refractivity contribution in [1.29, 1.82) is 0 Å². The molecule has 14 aliphatic rings. The topological polar surface area (TPSA) is 92.3 Å². The summed E-state index contributed by atoms with van der Waals surface area (Å²) in [5, 5.41) is 5.15. The number of benzene rings is 7. The average Bonchev–Trinajstić information content (AvgIpc) is 1.52. The highest BCUT2D eigenvalue weighted by Crippen LogP contribution is 2.59. The Hall–Kier alpha value is -5.43. The summed E-state index contributed by atoms with van der Waals surface area (Å²) in [6, 6.07) is 29.2. The van der Waals surface area contributed by atoms with Gasteiger partial charge >= 0.3 is 0 Å². The Morgan fingerprint density at radius 2 is 0.401 bits per heavy atom. The van der Waals surface area contributed by atoms with E-state index in [0.29, 0.717) is 95.9 Å². The van der Waals surface area contributed by atoms with E-state index < -0.39 is 0 Å². The minimum absolute atomic E-state index is 0.187. The van der Waals surface area contributed by atoms with Crippen LogP contribution in [0.5, 0.6) is 57.5 Å². The lowest BCUT2D eigenvalue weighted by atomic mass is 9.69. The van der Waals surface area contributed by atoms with E-state index >= 15 is 0 Å². The molecular weight excluding hydrogens is 1850 g/mol. The van der Waals surface area contributed by atoms with Gasteiger partial charge in [0.25, 0.3) is 0 Å². The van der Waals surface area contributed by atoms with Crippen LogP contribution in [0.1, 0.15) is 389 Å². The normalized spacial score (nSPS) is 22.3. The third-order valence-electron chi connectivity index (χ3n) is 31.3. The Morgan fingerprint density at radius 3 is 0.635 bits per heavy atom. The summed E-state index contributed by atoms with van der Waals surface area (Å²) in [6.07, 6.45) is 32.2. The van der Waals surface area contributed by atoms with Crippen LogP contribution in [0.3, 0.4) is 0 Å². The fourth-order valence-electron chi connectivity index (χ4n) is 21.6. The maximum absolute atomic E-state index is 6.40. The maximum Gasteiger partial charge on any atom is 0.180 e. The van der Waals surface area contributed by atoms with Crippen LogP contribution in [0.4, 0.5) is 0 Å². The zero-order valence-corrected chi connectivity index (χ0v) is 92.1. The van der Waals surface area contributed by atoms with Gasteiger partial charge in [0, 0.05) is 22.6 Å². The predicted octanol–water partition coefficient (Wildman–Crippen LogP) is 36.3. The zero-order valence-electron chi connectivity index (χ0n) is 86.8. The second kappa shape index (κ2) is 44.3. The molecule has 0 radical (unpaired) electrons. The van der Waals surface area contributed by atoms with Crippen molar-refractivity contribution in [2.75, 3.05) is 66.1 Å². The SMILES string of the molecule is CC(C)(C)[C@@H]1CCCc2c1ccc(Cl)c2OCC1CC1.CC(C)(C)[C@@H]1CCOc2c1ccc(Cl)c2OCC1CC1.CC(C)(C)[C@@H]1CCc2c1ccc(Cl)c2OCC1CC1.CC(C)(C)[C@@H]1COc2c1ccc(Cl)c2OCC1CC1.CC(C)(C)[C@H]1CCCc2c1ccc(Cl)c2OCC1CC1.CC(C)(C)[C@H]1CCOc2c1ccc(Cl)c2OCC1CC1.CC(C)(C)[C@H]1CCc2c1ccc(Cl)c2OCC1CC1. The molecule has 7 atom stereocenters. The lowest BCUT2D eigenvalue weighted by Gasteiger charge is -2.36. The van der Waals surface area contributed by atoms with Gasteiger partial charge in [-0.2, -0.15) is 0 Å². The molecule has 0 bridgehead atoms. The first-order chi connectivity index (χ1) is 64.8. The molecule has 3 heterocycles. The van der Waals surface area contributed by atoms with Gasteiger partial charge in [0.05, 0.1) is 101 Å². The molecule has 21 rings (SSSR count). The number of rotatable bonds is 21. The summed E-state index contributed by atoms with van der Waals surface area (Å²) in [4.78, 5) is 0. The van der Waals surface area contributed by atoms with Crippen LogP contribution in [-0.4, -0.2) is 66.1 Å². The molecule has 7 saturated carbocycles. The Balaban J connectivity index is 0.000000121. The molecule has 0 saturated heterocycles. The van der Waals surface area contributed by atoms with Crippen LogP contribution in [0.25, 0.3) is 0 Å². The molecule has 10 nitrogen and oxygen atoms in total. The van der Waals surface area contributed by atoms with Crippen molar-refractivity contribution in [3.63, 3.8) is 0 Å². The molecule has 7 aromatic carbocycles. The molecule has 7 aromatic rings. The van der Waals surface area contributed by atoms with Gasteiger partial charge in [0.15, 0.2) is 34.5 Å². The number of fused-ring (bicyclic) bond motifs is 7. The van der Waals surface area contributed by atoms with Crippen molar-refractivity contribution >= 4 is 81.2 Å². The molecule has 3 aliphatic heterocycles. The van der Waals surface area contributed by atoms with Gasteiger partial charge in [-0.25, -0.2) is 0 Å². The molecule has 0 amide bonds. The van der Waals surface area contributed by atoms with Gasteiger partial charge in [0.1, 0.15) is 23.0 Å². The first-order valence-electron chi connectivity index (χ1n) is 52.8. The molecule has 0 N–H and O–H groups in total. The van der Waals surface area contributed by atoms with Crippen molar-refractivity contribution in [2.24, 2.45) is 79.3 Å². The first-order valence-corrected chi connectivity index (χ1v) is 55.4. The summed E-state index contributed by atoms with van der Waals surface area (Å²) in [5.74, 6) is 17.9. The summed E-state index contributed by atoms with van der Waals surface area (Å²) < 4.78 is 59.8. The van der Waals surface area contributed by atoms with Gasteiger partial charge in [0.2, 0.25) is 0 Å². The summed E-state index contributed by atoms with van der Waals surface area (Å²) in [5.41, 5.74) is 17.0. The fourth-order valence-corrected chi connectivity index (χ4v) is 23.1. The maximum atomic E-state index is 6.40. The largest absolute Gasteiger partial charge is 0.491 e. The highest BCUT2D eigenvalue weighted by molar-refractivity contribution is 6.34. The van der Waals surface area contributed by atoms with Gasteiger partial charge < -0.3 is 47.4 Å². The molecule has 752 valence electrons. The van der Waals surface area contributed by atoms with E-state index in [4.69, 9.17) is 129 Å². The number of halogens is 7. The van der Waals surface area contributed by atoms with Crippen molar-refractivity contribution in [3.8, 4) is 57.5 Å². The van der Waals surface area contributed by atoms with Crippen molar-refractivity contribution in [1.82, 2.24) is 0 Å². The zero-order chi connectivity index (χ0) is 98.2. The minimum atomic E-state index is 0.187. The third kappa shape index (κ3) is 27.8. The second-order valence-electron chi connectivity index (χ2n) is 50.3. The van der Waals surface area contributed by atoms with Crippen LogP contribution >= 0.6 is 81.2 Å². The fraction of sp³-hybridized carbons (Fsp3) is 0.650. The number of hydrogen-bond donors (Lipinski definition) is 0. The number of ether oxygens (including phenoxy) is 10. The van der Waals surface area contributed by atoms with Gasteiger partial charge in [-0.1, -0.05) is 269 Å². The van der Waals surface area contributed by atoms with Crippen molar-refractivity contribution in [3.05, 3.63) is 181 Å². The molecule has 11 aliphatic carbocycles. The highest BCUT2D eigenvalue weighted by atomic mass is 35.5. The predicted molar refractivity (Wildman–Crippen MR) is 571 cm³/mol. The van der Waals surface area contributed by atoms with E-state index in [-0.39, 0.29) is 16.2 Å². The summed E-state index contributed by atoms with van der Waals surface area (Å²) in [7, 11) is 0. The lowest BCUT2D eigenvalue weighted by molar-refractivity contribution is 0.191. The van der Waals surface area contributed by atoms with Crippen LogP contribution in [-0.2, 0) is 25.7 Å². The van der Waals surface area contributed by atoms with E-state index in [1.807, 2.05) is 42.5 Å². The molecule has 17 heteroatoms. The van der Waals surface area contributed by atoms with Crippen LogP contribution in [0.2, 0.25) is 35.2 Å². The molecule has 0 unspecified atom stereocenters. The van der Waals surface area contributed by atoms with Crippen molar-refractivity contribution in [2.45, 2.75) is 354 Å². The Kier molecular flexibility index (Phi) is 34.2. The highest BCUT2D eigenvalue weighted by Gasteiger charge is 2.44. The molecular formula is C120H163Cl7O10. The van der Waals surface area contributed by atoms with E-state index in [2.05, 4.69) is 188 Å². The Morgan fingerprint density at radius 1 is 0.212 bits per heavy atom. The minimum Gasteiger partial charge on any atom is -0.491 e. The van der Waals surface area contributed by atoms with Crippen LogP contribution < -0.4 is 47.4 Å². The van der Waals surface area contributed by atoms with Crippen LogP contribution in [0.15, 0.2) is 84.9 Å². The van der Waals surface area contributed by atoms with E-state index in [1.54, 1.807) is 0 Å². The molecule has 0 aromatic heterocycles. The van der Waals surface area contributed by atoms with Gasteiger partial charge in [-0.15, -0.1) is 0 Å². The van der Waals surface area contributed by atoms with Gasteiger partial charge in [-0.05, 0) is 369 Å². The first kappa shape index (κ1) is 106. The van der Waals surface area contributed by atoms with Crippen molar-refractivity contribution < 1.29 is 47.4 Å². The van der Waals surface area contributed by atoms with Crippen LogP contribution in [0, 0.1) is 79.3 Å². The standard InChI is InChI=1S/2C18H25ClO.2C17H23ClO2.2C17H23ClO.C16H21ClO2/c2*1-18(2,3)15-6-4-5-14-13(15)9-10-16(19)17(14)20-11-12-7-8-12;2*1-17(2,3)13-8-9-19-15-12(13)6-7-14(18)16(15)20-10-11-4-5-11;2*1-17(2,3)14-8-6-13-12(14)7-9-15(18)16(13)19-10-11-4-5-11;1-16(2,3)12-9-19-14-11(12)6-7-13(17)15(14)18-8-10-4-5-10/h2*9-10,12,15H,4-8,11H2,1-3H3;2*6-7,11,13H,4-5,8-10H2,1-3H3;2*7,9,11,14H,4-6,8,10H2,1-3H3;6-7,10,12H,4-5,8-9H2,1-3H3/t2*15-;2*13-;2*14-;12-/m1010101/s1. The molecule has 0 spiro atoms. The van der Waals surface area contributed by atoms with E-state index in [1.165, 1.54) is 190 Å². The quantitative estimate of drug-likeness (QED) is 0.0693. The molecule has 7 fully saturated rings. The Bertz CT molecular complexity index is 4680. The van der Waals surface area contributed by atoms with E-state index in [9.17, 15) is 0 Å². The average molecular weight is 2010 g/mol. The third-order valence-corrected chi connectivity index (χ3v) is 33.3. The summed E-state index contributed by atoms with van der Waals surface area (Å²) in [6.45, 7) is 56.3. The smallest absolute Gasteiger partial charge is 0.180 e. The lowest BCUT2D eigenvalue weighted by Crippen LogP contribution is -2.25. The molecule has 137 heavy (non-hydrogen) atoms.